The fourth-order valence-electron chi connectivity index (χ4n) is 5.84. The highest BCUT2D eigenvalue weighted by molar-refractivity contribution is 7.47. The second-order valence-electron chi connectivity index (χ2n) is 15.1. The minimum absolute atomic E-state index is 0.0319. The molecule has 0 amide bonds. The van der Waals surface area contributed by atoms with Crippen molar-refractivity contribution in [2.75, 3.05) is 47.5 Å². The molecule has 0 rings (SSSR count). The number of esters is 2. The third-order valence-electron chi connectivity index (χ3n) is 8.94. The van der Waals surface area contributed by atoms with Crippen LogP contribution in [0.25, 0.3) is 0 Å². The summed E-state index contributed by atoms with van der Waals surface area (Å²) in [6.07, 6.45) is 34.2. The number of hydrogen-bond donors (Lipinski definition) is 1. The third kappa shape index (κ3) is 38.1. The third-order valence-corrected chi connectivity index (χ3v) is 9.92. The number of unbranched alkanes of at least 4 members (excludes halogenated alkanes) is 25. The second-order valence-corrected chi connectivity index (χ2v) is 16.6. The first-order chi connectivity index (χ1) is 23.4. The van der Waals surface area contributed by atoms with E-state index in [0.29, 0.717) is 17.4 Å². The van der Waals surface area contributed by atoms with E-state index in [2.05, 4.69) is 6.92 Å². The Kier molecular flexibility index (Phi) is 32.2. The first-order valence-electron chi connectivity index (χ1n) is 20.2. The molecule has 292 valence electrons. The highest BCUT2D eigenvalue weighted by atomic mass is 31.2. The first kappa shape index (κ1) is 48.0. The first-order valence-corrected chi connectivity index (χ1v) is 21.7. The van der Waals surface area contributed by atoms with Crippen LogP contribution in [-0.4, -0.2) is 74.9 Å². The summed E-state index contributed by atoms with van der Waals surface area (Å²) in [6.45, 7) is 3.40. The molecule has 0 spiro atoms. The maximum atomic E-state index is 12.2. The lowest BCUT2D eigenvalue weighted by Crippen LogP contribution is -2.37. The molecule has 0 heterocycles. The minimum Gasteiger partial charge on any atom is -0.462 e. The smallest absolute Gasteiger partial charge is 0.462 e. The Labute approximate surface area is 302 Å². The predicted octanol–water partition coefficient (Wildman–Crippen LogP) is 10.9. The van der Waals surface area contributed by atoms with Crippen LogP contribution in [0.3, 0.4) is 0 Å². The highest BCUT2D eigenvalue weighted by Crippen LogP contribution is 2.43. The molecule has 9 nitrogen and oxygen atoms in total. The lowest BCUT2D eigenvalue weighted by atomic mass is 10.0. The molecule has 0 bridgehead atoms. The Bertz CT molecular complexity index is 819. The van der Waals surface area contributed by atoms with E-state index in [0.717, 1.165) is 19.3 Å². The fraction of sp³-hybridized carbons (Fsp3) is 0.949. The summed E-state index contributed by atoms with van der Waals surface area (Å²) in [7, 11) is 1.48. The van der Waals surface area contributed by atoms with E-state index in [1.54, 1.807) is 0 Å². The number of quaternary nitrogens is 1. The maximum Gasteiger partial charge on any atom is 0.472 e. The van der Waals surface area contributed by atoms with E-state index in [-0.39, 0.29) is 19.2 Å². The van der Waals surface area contributed by atoms with Crippen molar-refractivity contribution in [1.29, 1.82) is 0 Å². The molecule has 0 aliphatic carbocycles. The van der Waals surface area contributed by atoms with Gasteiger partial charge in [-0.15, -0.1) is 0 Å². The average Bonchev–Trinajstić information content (AvgIpc) is 3.03. The molecule has 0 aliphatic rings. The summed E-state index contributed by atoms with van der Waals surface area (Å²) in [5.74, 6) is -0.980. The van der Waals surface area contributed by atoms with Gasteiger partial charge in [0.1, 0.15) is 19.8 Å². The number of carbonyl (C=O) groups excluding carboxylic acids is 2. The Morgan fingerprint density at radius 2 is 0.959 bits per heavy atom. The second kappa shape index (κ2) is 32.9. The van der Waals surface area contributed by atoms with Crippen molar-refractivity contribution in [2.45, 2.75) is 193 Å². The molecule has 1 unspecified atom stereocenters. The van der Waals surface area contributed by atoms with E-state index < -0.39 is 26.5 Å². The molecule has 0 aromatic carbocycles. The quantitative estimate of drug-likeness (QED) is 0.0292. The van der Waals surface area contributed by atoms with Gasteiger partial charge in [-0.1, -0.05) is 167 Å². The van der Waals surface area contributed by atoms with E-state index in [4.69, 9.17) is 18.5 Å². The molecule has 0 fully saturated rings. The van der Waals surface area contributed by atoms with Gasteiger partial charge in [0.15, 0.2) is 6.10 Å². The number of rotatable bonds is 37. The van der Waals surface area contributed by atoms with E-state index in [1.165, 1.54) is 155 Å². The van der Waals surface area contributed by atoms with Gasteiger partial charge in [0, 0.05) is 13.3 Å². The van der Waals surface area contributed by atoms with Gasteiger partial charge in [-0.05, 0) is 6.42 Å². The summed E-state index contributed by atoms with van der Waals surface area (Å²) in [6, 6.07) is 0. The van der Waals surface area contributed by atoms with Crippen molar-refractivity contribution in [3.8, 4) is 0 Å². The van der Waals surface area contributed by atoms with Crippen LogP contribution in [0.5, 0.6) is 0 Å². The van der Waals surface area contributed by atoms with Crippen LogP contribution in [0.4, 0.5) is 0 Å². The molecule has 0 saturated carbocycles. The zero-order valence-corrected chi connectivity index (χ0v) is 33.6. The topological polar surface area (TPSA) is 108 Å². The van der Waals surface area contributed by atoms with Crippen LogP contribution in [-0.2, 0) is 32.7 Å². The van der Waals surface area contributed by atoms with Crippen molar-refractivity contribution in [2.24, 2.45) is 0 Å². The molecular formula is C39H79NO8P+. The maximum absolute atomic E-state index is 12.2. The summed E-state index contributed by atoms with van der Waals surface area (Å²) >= 11 is 0. The molecule has 0 aromatic heterocycles. The van der Waals surface area contributed by atoms with Crippen molar-refractivity contribution < 1.29 is 42.1 Å². The molecule has 10 heteroatoms. The zero-order chi connectivity index (χ0) is 36.5. The summed E-state index contributed by atoms with van der Waals surface area (Å²) in [5.41, 5.74) is 0. The number of phosphoric ester groups is 1. The average molecular weight is 721 g/mol. The van der Waals surface area contributed by atoms with E-state index in [9.17, 15) is 19.0 Å². The Morgan fingerprint density at radius 3 is 1.31 bits per heavy atom. The Balaban J connectivity index is 3.58. The van der Waals surface area contributed by atoms with Crippen LogP contribution in [0.1, 0.15) is 187 Å². The fourth-order valence-corrected chi connectivity index (χ4v) is 6.58. The van der Waals surface area contributed by atoms with Gasteiger partial charge >= 0.3 is 19.8 Å². The normalized spacial score (nSPS) is 13.7. The lowest BCUT2D eigenvalue weighted by Gasteiger charge is -2.24. The van der Waals surface area contributed by atoms with Crippen molar-refractivity contribution in [1.82, 2.24) is 0 Å². The van der Waals surface area contributed by atoms with E-state index in [1.807, 2.05) is 21.1 Å². The van der Waals surface area contributed by atoms with Gasteiger partial charge in [-0.25, -0.2) is 4.57 Å². The molecule has 0 radical (unpaired) electrons. The largest absolute Gasteiger partial charge is 0.472 e. The monoisotopic (exact) mass is 721 g/mol. The molecule has 0 aromatic rings. The van der Waals surface area contributed by atoms with Gasteiger partial charge in [0.2, 0.25) is 0 Å². The van der Waals surface area contributed by atoms with Gasteiger partial charge in [0.25, 0.3) is 0 Å². The highest BCUT2D eigenvalue weighted by Gasteiger charge is 2.26. The van der Waals surface area contributed by atoms with Gasteiger partial charge in [-0.3, -0.25) is 18.6 Å². The van der Waals surface area contributed by atoms with Gasteiger partial charge < -0.3 is 18.9 Å². The summed E-state index contributed by atoms with van der Waals surface area (Å²) < 4.78 is 32.9. The standard InChI is InChI=1S/C39H78NO8P/c1-6-7-8-9-10-11-12-13-14-15-16-17-18-19-20-21-22-23-24-25-26-27-28-29-30-31-32-39(42)45-35-38(48-37(2)41)36-47-49(43,44)46-34-33-40(3,4)5/h38H,6-36H2,1-5H3/p+1/t38-/m1/s1. The number of nitrogens with zero attached hydrogens (tertiary/aromatic N) is 1. The van der Waals surface area contributed by atoms with Crippen molar-refractivity contribution in [3.05, 3.63) is 0 Å². The number of phosphoric acid groups is 1. The molecule has 2 atom stereocenters. The SMILES string of the molecule is CCCCCCCCCCCCCCCCCCCCCCCCCCCCC(=O)OC[C@H](COP(=O)(O)OCC[N+](C)(C)C)OC(C)=O. The molecule has 0 saturated heterocycles. The van der Waals surface area contributed by atoms with Gasteiger partial charge in [-0.2, -0.15) is 0 Å². The van der Waals surface area contributed by atoms with Crippen LogP contribution in [0.2, 0.25) is 0 Å². The minimum atomic E-state index is -4.32. The van der Waals surface area contributed by atoms with E-state index >= 15 is 0 Å². The predicted molar refractivity (Wildman–Crippen MR) is 201 cm³/mol. The Morgan fingerprint density at radius 1 is 0.592 bits per heavy atom. The van der Waals surface area contributed by atoms with Crippen LogP contribution < -0.4 is 0 Å². The lowest BCUT2D eigenvalue weighted by molar-refractivity contribution is -0.870. The molecule has 49 heavy (non-hydrogen) atoms. The number of hydrogen-bond acceptors (Lipinski definition) is 7. The van der Waals surface area contributed by atoms with Crippen LogP contribution in [0, 0.1) is 0 Å². The molecular weight excluding hydrogens is 641 g/mol. The van der Waals surface area contributed by atoms with Crippen molar-refractivity contribution in [3.63, 3.8) is 0 Å². The Hall–Kier alpha value is -0.990. The van der Waals surface area contributed by atoms with Crippen LogP contribution in [0.15, 0.2) is 0 Å². The van der Waals surface area contributed by atoms with Crippen molar-refractivity contribution >= 4 is 19.8 Å². The van der Waals surface area contributed by atoms with Crippen LogP contribution >= 0.6 is 7.82 Å². The number of likely N-dealkylation sites (N-methyl/N-ethyl adjacent to an activating group) is 1. The summed E-state index contributed by atoms with van der Waals surface area (Å²) in [4.78, 5) is 33.5. The van der Waals surface area contributed by atoms with Gasteiger partial charge in [0.05, 0.1) is 27.7 Å². The summed E-state index contributed by atoms with van der Waals surface area (Å²) in [5, 5.41) is 0. The number of carbonyl (C=O) groups is 2. The number of ether oxygens (including phenoxy) is 2. The molecule has 1 N–H and O–H groups in total. The molecule has 0 aliphatic heterocycles. The zero-order valence-electron chi connectivity index (χ0n) is 32.7.